The molecule has 4 nitrogen and oxygen atoms in total. The SMILES string of the molecule is CCCCc1nc(SCc2ccccc2)c(C(=O)OCC)[nH]1. The van der Waals surface area contributed by atoms with Crippen LogP contribution in [-0.4, -0.2) is 22.5 Å². The van der Waals surface area contributed by atoms with E-state index in [1.807, 2.05) is 25.1 Å². The van der Waals surface area contributed by atoms with E-state index in [-0.39, 0.29) is 5.97 Å². The Kier molecular flexibility index (Phi) is 6.52. The first-order valence-corrected chi connectivity index (χ1v) is 8.65. The Hall–Kier alpha value is -1.75. The molecule has 1 aromatic heterocycles. The number of aromatic nitrogens is 2. The van der Waals surface area contributed by atoms with Crippen LogP contribution in [-0.2, 0) is 16.9 Å². The Morgan fingerprint density at radius 1 is 1.27 bits per heavy atom. The van der Waals surface area contributed by atoms with Gasteiger partial charge in [0.05, 0.1) is 6.61 Å². The quantitative estimate of drug-likeness (QED) is 0.585. The first kappa shape index (κ1) is 16.6. The lowest BCUT2D eigenvalue weighted by Gasteiger charge is -2.02. The van der Waals surface area contributed by atoms with Gasteiger partial charge in [0.25, 0.3) is 0 Å². The Morgan fingerprint density at radius 3 is 2.73 bits per heavy atom. The van der Waals surface area contributed by atoms with Crippen molar-refractivity contribution < 1.29 is 9.53 Å². The third-order valence-electron chi connectivity index (χ3n) is 3.18. The number of rotatable bonds is 8. The number of ether oxygens (including phenoxy) is 1. The molecule has 22 heavy (non-hydrogen) atoms. The van der Waals surface area contributed by atoms with E-state index < -0.39 is 0 Å². The number of nitrogens with zero attached hydrogens (tertiary/aromatic N) is 1. The molecule has 0 saturated carbocycles. The van der Waals surface area contributed by atoms with E-state index >= 15 is 0 Å². The normalized spacial score (nSPS) is 10.6. The summed E-state index contributed by atoms with van der Waals surface area (Å²) in [7, 11) is 0. The van der Waals surface area contributed by atoms with Gasteiger partial charge in [0, 0.05) is 12.2 Å². The summed E-state index contributed by atoms with van der Waals surface area (Å²) in [4.78, 5) is 19.8. The maximum Gasteiger partial charge on any atom is 0.357 e. The summed E-state index contributed by atoms with van der Waals surface area (Å²) in [5.74, 6) is 1.32. The van der Waals surface area contributed by atoms with Crippen LogP contribution < -0.4 is 0 Å². The van der Waals surface area contributed by atoms with Gasteiger partial charge in [-0.3, -0.25) is 0 Å². The molecule has 0 amide bonds. The number of hydrogen-bond acceptors (Lipinski definition) is 4. The number of esters is 1. The van der Waals surface area contributed by atoms with Crippen LogP contribution in [0, 0.1) is 0 Å². The lowest BCUT2D eigenvalue weighted by Crippen LogP contribution is -2.06. The number of carbonyl (C=O) groups is 1. The summed E-state index contributed by atoms with van der Waals surface area (Å²) < 4.78 is 5.11. The van der Waals surface area contributed by atoms with E-state index in [4.69, 9.17) is 4.74 Å². The van der Waals surface area contributed by atoms with Crippen LogP contribution >= 0.6 is 11.8 Å². The fourth-order valence-corrected chi connectivity index (χ4v) is 2.99. The van der Waals surface area contributed by atoms with E-state index in [0.29, 0.717) is 12.3 Å². The van der Waals surface area contributed by atoms with E-state index in [1.54, 1.807) is 11.8 Å². The number of unbranched alkanes of at least 4 members (excludes halogenated alkanes) is 1. The van der Waals surface area contributed by atoms with Gasteiger partial charge < -0.3 is 9.72 Å². The van der Waals surface area contributed by atoms with Crippen LogP contribution in [0.2, 0.25) is 0 Å². The number of H-pyrrole nitrogens is 1. The second-order valence-electron chi connectivity index (χ2n) is 4.96. The molecule has 0 unspecified atom stereocenters. The Balaban J connectivity index is 2.12. The van der Waals surface area contributed by atoms with Gasteiger partial charge in [-0.05, 0) is 18.9 Å². The zero-order valence-electron chi connectivity index (χ0n) is 13.1. The fourth-order valence-electron chi connectivity index (χ4n) is 2.04. The third-order valence-corrected chi connectivity index (χ3v) is 4.23. The molecule has 0 saturated heterocycles. The third kappa shape index (κ3) is 4.63. The Morgan fingerprint density at radius 2 is 2.05 bits per heavy atom. The van der Waals surface area contributed by atoms with Crippen molar-refractivity contribution in [3.05, 3.63) is 47.4 Å². The molecule has 0 aliphatic rings. The highest BCUT2D eigenvalue weighted by Crippen LogP contribution is 2.25. The average Bonchev–Trinajstić information content (AvgIpc) is 2.95. The summed E-state index contributed by atoms with van der Waals surface area (Å²) in [5, 5.41) is 0.730. The predicted octanol–water partition coefficient (Wildman–Crippen LogP) is 4.22. The van der Waals surface area contributed by atoms with Gasteiger partial charge in [0.2, 0.25) is 0 Å². The first-order chi connectivity index (χ1) is 10.7. The van der Waals surface area contributed by atoms with Gasteiger partial charge in [-0.25, -0.2) is 9.78 Å². The second kappa shape index (κ2) is 8.63. The van der Waals surface area contributed by atoms with Gasteiger partial charge in [0.15, 0.2) is 5.69 Å². The minimum Gasteiger partial charge on any atom is -0.461 e. The van der Waals surface area contributed by atoms with E-state index in [2.05, 4.69) is 29.0 Å². The van der Waals surface area contributed by atoms with Crippen molar-refractivity contribution in [2.24, 2.45) is 0 Å². The predicted molar refractivity (Wildman–Crippen MR) is 89.2 cm³/mol. The average molecular weight is 318 g/mol. The van der Waals surface area contributed by atoms with Gasteiger partial charge in [-0.15, -0.1) is 0 Å². The Labute approximate surface area is 135 Å². The molecule has 0 aliphatic carbocycles. The van der Waals surface area contributed by atoms with Crippen LogP contribution in [0.25, 0.3) is 0 Å². The molecule has 1 N–H and O–H groups in total. The standard InChI is InChI=1S/C17H22N2O2S/c1-3-5-11-14-18-15(17(20)21-4-2)16(19-14)22-12-13-9-7-6-8-10-13/h6-10H,3-5,11-12H2,1-2H3,(H,18,19). The largest absolute Gasteiger partial charge is 0.461 e. The van der Waals surface area contributed by atoms with Crippen molar-refractivity contribution >= 4 is 17.7 Å². The van der Waals surface area contributed by atoms with Gasteiger partial charge >= 0.3 is 5.97 Å². The zero-order valence-corrected chi connectivity index (χ0v) is 13.9. The monoisotopic (exact) mass is 318 g/mol. The smallest absolute Gasteiger partial charge is 0.357 e. The molecule has 0 fully saturated rings. The molecule has 0 aliphatic heterocycles. The molecule has 0 atom stereocenters. The zero-order chi connectivity index (χ0) is 15.8. The topological polar surface area (TPSA) is 55.0 Å². The molecule has 0 radical (unpaired) electrons. The minimum atomic E-state index is -0.326. The lowest BCUT2D eigenvalue weighted by atomic mass is 10.2. The molecule has 2 aromatic rings. The van der Waals surface area contributed by atoms with Crippen LogP contribution in [0.1, 0.15) is 48.6 Å². The summed E-state index contributed by atoms with van der Waals surface area (Å²) >= 11 is 1.57. The van der Waals surface area contributed by atoms with Crippen LogP contribution in [0.5, 0.6) is 0 Å². The molecule has 5 heteroatoms. The van der Waals surface area contributed by atoms with Crippen molar-refractivity contribution in [1.29, 1.82) is 0 Å². The van der Waals surface area contributed by atoms with Gasteiger partial charge in [0.1, 0.15) is 10.9 Å². The van der Waals surface area contributed by atoms with Crippen LogP contribution in [0.3, 0.4) is 0 Å². The number of nitrogens with one attached hydrogen (secondary N) is 1. The van der Waals surface area contributed by atoms with Crippen molar-refractivity contribution in [1.82, 2.24) is 9.97 Å². The molecule has 2 rings (SSSR count). The molecular weight excluding hydrogens is 296 g/mol. The van der Waals surface area contributed by atoms with E-state index in [9.17, 15) is 4.79 Å². The number of hydrogen-bond donors (Lipinski definition) is 1. The first-order valence-electron chi connectivity index (χ1n) is 7.67. The number of thioether (sulfide) groups is 1. The number of aryl methyl sites for hydroxylation is 1. The summed E-state index contributed by atoms with van der Waals surface area (Å²) in [6.45, 7) is 4.31. The molecule has 0 bridgehead atoms. The van der Waals surface area contributed by atoms with Crippen LogP contribution in [0.15, 0.2) is 35.4 Å². The van der Waals surface area contributed by atoms with Gasteiger partial charge in [-0.1, -0.05) is 55.4 Å². The maximum absolute atomic E-state index is 12.1. The fraction of sp³-hybridized carbons (Fsp3) is 0.412. The Bertz CT molecular complexity index is 596. The molecule has 118 valence electrons. The van der Waals surface area contributed by atoms with Crippen molar-refractivity contribution in [2.75, 3.05) is 6.61 Å². The second-order valence-corrected chi connectivity index (χ2v) is 5.93. The van der Waals surface area contributed by atoms with E-state index in [0.717, 1.165) is 35.9 Å². The highest BCUT2D eigenvalue weighted by Gasteiger charge is 2.18. The van der Waals surface area contributed by atoms with Crippen molar-refractivity contribution in [2.45, 2.75) is 43.9 Å². The highest BCUT2D eigenvalue weighted by molar-refractivity contribution is 7.98. The molecular formula is C17H22N2O2S. The highest BCUT2D eigenvalue weighted by atomic mass is 32.2. The van der Waals surface area contributed by atoms with Gasteiger partial charge in [-0.2, -0.15) is 0 Å². The molecule has 0 spiro atoms. The minimum absolute atomic E-state index is 0.326. The summed E-state index contributed by atoms with van der Waals surface area (Å²) in [5.41, 5.74) is 1.69. The van der Waals surface area contributed by atoms with Crippen molar-refractivity contribution in [3.8, 4) is 0 Å². The van der Waals surface area contributed by atoms with E-state index in [1.165, 1.54) is 5.56 Å². The number of imidazole rings is 1. The summed E-state index contributed by atoms with van der Waals surface area (Å²) in [6, 6.07) is 10.2. The maximum atomic E-state index is 12.1. The number of carbonyl (C=O) groups excluding carboxylic acids is 1. The lowest BCUT2D eigenvalue weighted by molar-refractivity contribution is 0.0515. The number of aromatic amines is 1. The number of benzene rings is 1. The van der Waals surface area contributed by atoms with Crippen LogP contribution in [0.4, 0.5) is 0 Å². The molecule has 1 aromatic carbocycles. The van der Waals surface area contributed by atoms with Crippen molar-refractivity contribution in [3.63, 3.8) is 0 Å². The molecule has 1 heterocycles. The summed E-state index contributed by atoms with van der Waals surface area (Å²) in [6.07, 6.45) is 3.01.